The van der Waals surface area contributed by atoms with Crippen molar-refractivity contribution in [2.75, 3.05) is 12.3 Å². The molecular weight excluding hydrogens is 174 g/mol. The molecule has 4 heteroatoms. The predicted octanol–water partition coefficient (Wildman–Crippen LogP) is 0.172. The molecule has 12 heavy (non-hydrogen) atoms. The first-order valence-electron chi connectivity index (χ1n) is 4.54. The van der Waals surface area contributed by atoms with Crippen LogP contribution in [0.25, 0.3) is 0 Å². The molecule has 1 N–H and O–H groups in total. The molecule has 1 aliphatic carbocycles. The molecular formula is C8H15NO2S. The molecule has 2 fully saturated rings. The molecule has 1 saturated carbocycles. The Morgan fingerprint density at radius 1 is 1.33 bits per heavy atom. The average molecular weight is 189 g/mol. The van der Waals surface area contributed by atoms with Crippen LogP contribution in [0.5, 0.6) is 0 Å². The molecule has 1 saturated heterocycles. The van der Waals surface area contributed by atoms with E-state index in [0.717, 1.165) is 0 Å². The highest BCUT2D eigenvalue weighted by Crippen LogP contribution is 2.34. The number of hydrogen-bond acceptors (Lipinski definition) is 3. The molecule has 0 spiro atoms. The van der Waals surface area contributed by atoms with Crippen LogP contribution in [-0.4, -0.2) is 32.0 Å². The Balaban J connectivity index is 2.07. The summed E-state index contributed by atoms with van der Waals surface area (Å²) in [6, 6.07) is 0.256. The van der Waals surface area contributed by atoms with Gasteiger partial charge in [-0.2, -0.15) is 0 Å². The monoisotopic (exact) mass is 189 g/mol. The van der Waals surface area contributed by atoms with Crippen LogP contribution in [-0.2, 0) is 9.84 Å². The standard InChI is InChI=1S/C8H15NO2S/c1-6-4-9-8(7-2-3-7)5-12(6,10)11/h6-9H,2-5H2,1H3. The van der Waals surface area contributed by atoms with Crippen molar-refractivity contribution in [3.05, 3.63) is 0 Å². The topological polar surface area (TPSA) is 46.2 Å². The third kappa shape index (κ3) is 1.50. The van der Waals surface area contributed by atoms with Gasteiger partial charge in [-0.25, -0.2) is 8.42 Å². The molecule has 2 aliphatic rings. The van der Waals surface area contributed by atoms with Crippen molar-refractivity contribution in [3.8, 4) is 0 Å². The maximum absolute atomic E-state index is 11.5. The molecule has 3 nitrogen and oxygen atoms in total. The van der Waals surface area contributed by atoms with E-state index in [1.807, 2.05) is 0 Å². The van der Waals surface area contributed by atoms with Crippen LogP contribution in [0.15, 0.2) is 0 Å². The van der Waals surface area contributed by atoms with E-state index in [0.29, 0.717) is 18.2 Å². The fourth-order valence-electron chi connectivity index (χ4n) is 1.72. The van der Waals surface area contributed by atoms with E-state index in [1.54, 1.807) is 6.92 Å². The summed E-state index contributed by atoms with van der Waals surface area (Å²) in [5.74, 6) is 1.01. The minimum absolute atomic E-state index is 0.188. The van der Waals surface area contributed by atoms with Crippen LogP contribution in [0.2, 0.25) is 0 Å². The van der Waals surface area contributed by atoms with Crippen LogP contribution in [0.4, 0.5) is 0 Å². The lowest BCUT2D eigenvalue weighted by Gasteiger charge is -2.27. The van der Waals surface area contributed by atoms with E-state index in [4.69, 9.17) is 0 Å². The molecule has 2 rings (SSSR count). The molecule has 2 atom stereocenters. The average Bonchev–Trinajstić information content (AvgIpc) is 2.76. The molecule has 0 aromatic heterocycles. The van der Waals surface area contributed by atoms with Gasteiger partial charge in [0.25, 0.3) is 0 Å². The van der Waals surface area contributed by atoms with Gasteiger partial charge in [-0.3, -0.25) is 0 Å². The minimum atomic E-state index is -2.78. The molecule has 70 valence electrons. The molecule has 1 heterocycles. The molecule has 0 radical (unpaired) electrons. The number of hydrogen-bond donors (Lipinski definition) is 1. The Labute approximate surface area is 73.5 Å². The van der Waals surface area contributed by atoms with Crippen molar-refractivity contribution in [1.82, 2.24) is 5.32 Å². The first-order chi connectivity index (χ1) is 5.59. The lowest BCUT2D eigenvalue weighted by molar-refractivity contribution is 0.458. The number of nitrogens with one attached hydrogen (secondary N) is 1. The Hall–Kier alpha value is -0.0900. The second-order valence-electron chi connectivity index (χ2n) is 3.99. The Morgan fingerprint density at radius 2 is 2.00 bits per heavy atom. The lowest BCUT2D eigenvalue weighted by atomic mass is 10.2. The van der Waals surface area contributed by atoms with Gasteiger partial charge in [0.05, 0.1) is 11.0 Å². The highest BCUT2D eigenvalue weighted by Gasteiger charge is 2.39. The minimum Gasteiger partial charge on any atom is -0.311 e. The SMILES string of the molecule is CC1CNC(C2CC2)CS1(=O)=O. The Kier molecular flexibility index (Phi) is 1.92. The summed E-state index contributed by atoms with van der Waals surface area (Å²) in [4.78, 5) is 0. The Bertz CT molecular complexity index is 269. The first kappa shape index (κ1) is 8.51. The summed E-state index contributed by atoms with van der Waals surface area (Å²) < 4.78 is 23.0. The van der Waals surface area contributed by atoms with Crippen molar-refractivity contribution >= 4 is 9.84 Å². The third-order valence-corrected chi connectivity index (χ3v) is 5.10. The second-order valence-corrected chi connectivity index (χ2v) is 6.46. The molecule has 0 aromatic rings. The van der Waals surface area contributed by atoms with E-state index < -0.39 is 9.84 Å². The van der Waals surface area contributed by atoms with Crippen LogP contribution < -0.4 is 5.32 Å². The summed E-state index contributed by atoms with van der Waals surface area (Å²) >= 11 is 0. The molecule has 2 unspecified atom stereocenters. The van der Waals surface area contributed by atoms with Crippen LogP contribution in [0, 0.1) is 5.92 Å². The van der Waals surface area contributed by atoms with Gasteiger partial charge in [0.2, 0.25) is 0 Å². The number of sulfone groups is 1. The van der Waals surface area contributed by atoms with Crippen molar-refractivity contribution in [2.24, 2.45) is 5.92 Å². The highest BCUT2D eigenvalue weighted by atomic mass is 32.2. The summed E-state index contributed by atoms with van der Waals surface area (Å²) in [5, 5.41) is 3.12. The van der Waals surface area contributed by atoms with E-state index in [1.165, 1.54) is 12.8 Å². The molecule has 0 bridgehead atoms. The largest absolute Gasteiger partial charge is 0.311 e. The summed E-state index contributed by atoms with van der Waals surface area (Å²) in [5.41, 5.74) is 0. The van der Waals surface area contributed by atoms with Gasteiger partial charge in [-0.1, -0.05) is 0 Å². The smallest absolute Gasteiger partial charge is 0.155 e. The second kappa shape index (κ2) is 2.70. The first-order valence-corrected chi connectivity index (χ1v) is 6.26. The van der Waals surface area contributed by atoms with Gasteiger partial charge in [-0.05, 0) is 25.7 Å². The van der Waals surface area contributed by atoms with Gasteiger partial charge < -0.3 is 5.32 Å². The van der Waals surface area contributed by atoms with Crippen molar-refractivity contribution in [1.29, 1.82) is 0 Å². The van der Waals surface area contributed by atoms with Crippen molar-refractivity contribution in [3.63, 3.8) is 0 Å². The number of rotatable bonds is 1. The maximum atomic E-state index is 11.5. The van der Waals surface area contributed by atoms with E-state index >= 15 is 0 Å². The fourth-order valence-corrected chi connectivity index (χ4v) is 3.29. The zero-order chi connectivity index (χ0) is 8.77. The van der Waals surface area contributed by atoms with Crippen molar-refractivity contribution in [2.45, 2.75) is 31.1 Å². The molecule has 0 amide bonds. The summed E-state index contributed by atoms with van der Waals surface area (Å²) in [6.07, 6.45) is 2.42. The maximum Gasteiger partial charge on any atom is 0.155 e. The van der Waals surface area contributed by atoms with Gasteiger partial charge in [0, 0.05) is 12.6 Å². The van der Waals surface area contributed by atoms with Gasteiger partial charge in [0.15, 0.2) is 9.84 Å². The van der Waals surface area contributed by atoms with E-state index in [-0.39, 0.29) is 11.3 Å². The zero-order valence-electron chi connectivity index (χ0n) is 7.29. The lowest BCUT2D eigenvalue weighted by Crippen LogP contribution is -2.50. The quantitative estimate of drug-likeness (QED) is 0.639. The van der Waals surface area contributed by atoms with E-state index in [9.17, 15) is 8.42 Å². The van der Waals surface area contributed by atoms with E-state index in [2.05, 4.69) is 5.32 Å². The Morgan fingerprint density at radius 3 is 2.50 bits per heavy atom. The predicted molar refractivity (Wildman–Crippen MR) is 47.8 cm³/mol. The highest BCUT2D eigenvalue weighted by molar-refractivity contribution is 7.92. The van der Waals surface area contributed by atoms with Crippen LogP contribution in [0.3, 0.4) is 0 Å². The molecule has 0 aromatic carbocycles. The van der Waals surface area contributed by atoms with Gasteiger partial charge >= 0.3 is 0 Å². The fraction of sp³-hybridized carbons (Fsp3) is 1.00. The third-order valence-electron chi connectivity index (χ3n) is 2.88. The van der Waals surface area contributed by atoms with Crippen molar-refractivity contribution < 1.29 is 8.42 Å². The van der Waals surface area contributed by atoms with Crippen LogP contribution >= 0.6 is 0 Å². The van der Waals surface area contributed by atoms with Crippen LogP contribution in [0.1, 0.15) is 19.8 Å². The normalized spacial score (nSPS) is 41.1. The van der Waals surface area contributed by atoms with Gasteiger partial charge in [0.1, 0.15) is 0 Å². The summed E-state index contributed by atoms with van der Waals surface area (Å²) in [6.45, 7) is 2.43. The summed E-state index contributed by atoms with van der Waals surface area (Å²) in [7, 11) is -2.78. The molecule has 1 aliphatic heterocycles. The van der Waals surface area contributed by atoms with Gasteiger partial charge in [-0.15, -0.1) is 0 Å². The zero-order valence-corrected chi connectivity index (χ0v) is 8.10.